The first-order chi connectivity index (χ1) is 10.1. The summed E-state index contributed by atoms with van der Waals surface area (Å²) in [6, 6.07) is 0.517. The van der Waals surface area contributed by atoms with Crippen LogP contribution in [-0.2, 0) is 10.2 Å². The number of ether oxygens (including phenoxy) is 1. The minimum Gasteiger partial charge on any atom is -0.367 e. The Kier molecular flexibility index (Phi) is 4.28. The molecule has 21 heavy (non-hydrogen) atoms. The molecule has 1 N–H and O–H groups in total. The zero-order valence-corrected chi connectivity index (χ0v) is 13.3. The normalized spacial score (nSPS) is 31.7. The largest absolute Gasteiger partial charge is 0.367 e. The number of hydrogen-bond acceptors (Lipinski definition) is 6. The minimum atomic E-state index is -0.0706. The van der Waals surface area contributed by atoms with Crippen molar-refractivity contribution in [3.05, 3.63) is 11.7 Å². The van der Waals surface area contributed by atoms with Crippen molar-refractivity contribution in [2.45, 2.75) is 51.2 Å². The van der Waals surface area contributed by atoms with Crippen LogP contribution in [0.2, 0.25) is 0 Å². The van der Waals surface area contributed by atoms with Gasteiger partial charge in [-0.1, -0.05) is 5.16 Å². The summed E-state index contributed by atoms with van der Waals surface area (Å²) in [7, 11) is 0. The Labute approximate surface area is 126 Å². The van der Waals surface area contributed by atoms with Gasteiger partial charge in [0.25, 0.3) is 0 Å². The highest BCUT2D eigenvalue weighted by molar-refractivity contribution is 5.07. The Morgan fingerprint density at radius 1 is 1.43 bits per heavy atom. The lowest BCUT2D eigenvalue weighted by Gasteiger charge is -2.34. The predicted molar refractivity (Wildman–Crippen MR) is 79.2 cm³/mol. The highest BCUT2D eigenvalue weighted by Gasteiger charge is 2.36. The summed E-state index contributed by atoms with van der Waals surface area (Å²) in [5.41, 5.74) is -0.0457. The van der Waals surface area contributed by atoms with Gasteiger partial charge in [-0.15, -0.1) is 0 Å². The lowest BCUT2D eigenvalue weighted by Crippen LogP contribution is -2.43. The molecule has 6 nitrogen and oxygen atoms in total. The molecule has 2 aliphatic rings. The fourth-order valence-electron chi connectivity index (χ4n) is 3.14. The summed E-state index contributed by atoms with van der Waals surface area (Å²) in [6.07, 6.45) is 2.17. The van der Waals surface area contributed by atoms with Gasteiger partial charge in [-0.2, -0.15) is 4.98 Å². The fraction of sp³-hybridized carbons (Fsp3) is 0.867. The third kappa shape index (κ3) is 3.12. The van der Waals surface area contributed by atoms with Crippen molar-refractivity contribution in [2.75, 3.05) is 32.8 Å². The molecule has 2 atom stereocenters. The van der Waals surface area contributed by atoms with E-state index in [0.29, 0.717) is 11.9 Å². The van der Waals surface area contributed by atoms with Gasteiger partial charge in [-0.25, -0.2) is 0 Å². The van der Waals surface area contributed by atoms with Gasteiger partial charge < -0.3 is 14.6 Å². The maximum Gasteiger partial charge on any atom is 0.233 e. The highest BCUT2D eigenvalue weighted by atomic mass is 16.5. The molecule has 3 rings (SSSR count). The van der Waals surface area contributed by atoms with Gasteiger partial charge in [-0.3, -0.25) is 4.90 Å². The van der Waals surface area contributed by atoms with Crippen LogP contribution in [0, 0.1) is 0 Å². The Hall–Kier alpha value is -0.980. The van der Waals surface area contributed by atoms with Crippen LogP contribution in [0.15, 0.2) is 4.52 Å². The average Bonchev–Trinajstić information content (AvgIpc) is 2.99. The molecular formula is C15H26N4O2. The second kappa shape index (κ2) is 6.02. The molecule has 3 heterocycles. The van der Waals surface area contributed by atoms with Crippen molar-refractivity contribution < 1.29 is 9.26 Å². The number of aromatic nitrogens is 2. The van der Waals surface area contributed by atoms with Crippen molar-refractivity contribution in [3.8, 4) is 0 Å². The molecule has 118 valence electrons. The van der Waals surface area contributed by atoms with E-state index in [1.54, 1.807) is 0 Å². The highest BCUT2D eigenvalue weighted by Crippen LogP contribution is 2.31. The van der Waals surface area contributed by atoms with Crippen LogP contribution in [0.4, 0.5) is 0 Å². The number of nitrogens with zero attached hydrogens (tertiary/aromatic N) is 3. The Balaban J connectivity index is 1.72. The van der Waals surface area contributed by atoms with E-state index in [-0.39, 0.29) is 11.5 Å². The number of rotatable bonds is 3. The molecule has 1 aromatic rings. The number of morpholine rings is 1. The number of piperidine rings is 1. The monoisotopic (exact) mass is 294 g/mol. The second-order valence-electron chi connectivity index (χ2n) is 6.75. The van der Waals surface area contributed by atoms with Crippen LogP contribution in [0.3, 0.4) is 0 Å². The topological polar surface area (TPSA) is 63.4 Å². The maximum atomic E-state index is 5.84. The third-order valence-corrected chi connectivity index (χ3v) is 4.67. The fourth-order valence-corrected chi connectivity index (χ4v) is 3.14. The minimum absolute atomic E-state index is 0.0457. The van der Waals surface area contributed by atoms with E-state index in [4.69, 9.17) is 9.26 Å². The molecule has 1 aromatic heterocycles. The van der Waals surface area contributed by atoms with Crippen molar-refractivity contribution in [2.24, 2.45) is 0 Å². The summed E-state index contributed by atoms with van der Waals surface area (Å²) < 4.78 is 11.4. The molecule has 0 aromatic carbocycles. The van der Waals surface area contributed by atoms with Crippen LogP contribution < -0.4 is 5.32 Å². The van der Waals surface area contributed by atoms with Crippen LogP contribution in [0.1, 0.15) is 51.4 Å². The van der Waals surface area contributed by atoms with Crippen molar-refractivity contribution in [1.29, 1.82) is 0 Å². The summed E-state index contributed by atoms with van der Waals surface area (Å²) in [5.74, 6) is 1.44. The van der Waals surface area contributed by atoms with E-state index in [2.05, 4.69) is 41.1 Å². The van der Waals surface area contributed by atoms with Crippen LogP contribution in [0.5, 0.6) is 0 Å². The van der Waals surface area contributed by atoms with E-state index >= 15 is 0 Å². The van der Waals surface area contributed by atoms with Gasteiger partial charge in [-0.05, 0) is 40.2 Å². The van der Waals surface area contributed by atoms with Gasteiger partial charge in [0.1, 0.15) is 6.10 Å². The molecule has 0 radical (unpaired) electrons. The summed E-state index contributed by atoms with van der Waals surface area (Å²) >= 11 is 0. The lowest BCUT2D eigenvalue weighted by molar-refractivity contribution is -0.0450. The third-order valence-electron chi connectivity index (χ3n) is 4.67. The predicted octanol–water partition coefficient (Wildman–Crippen LogP) is 1.49. The zero-order valence-electron chi connectivity index (χ0n) is 13.3. The molecule has 2 saturated heterocycles. The van der Waals surface area contributed by atoms with E-state index in [1.807, 2.05) is 0 Å². The average molecular weight is 294 g/mol. The Morgan fingerprint density at radius 2 is 2.29 bits per heavy atom. The molecule has 2 aliphatic heterocycles. The first kappa shape index (κ1) is 14.9. The summed E-state index contributed by atoms with van der Waals surface area (Å²) in [4.78, 5) is 7.05. The quantitative estimate of drug-likeness (QED) is 0.911. The Morgan fingerprint density at radius 3 is 3.00 bits per heavy atom. The zero-order chi connectivity index (χ0) is 14.9. The summed E-state index contributed by atoms with van der Waals surface area (Å²) in [6.45, 7) is 11.1. The van der Waals surface area contributed by atoms with Crippen molar-refractivity contribution >= 4 is 0 Å². The first-order valence-electron chi connectivity index (χ1n) is 7.99. The van der Waals surface area contributed by atoms with Crippen molar-refractivity contribution in [1.82, 2.24) is 20.4 Å². The van der Waals surface area contributed by atoms with E-state index < -0.39 is 0 Å². The molecule has 0 bridgehead atoms. The standard InChI is InChI=1S/C15H26N4O2/c1-11(2)19-7-8-20-12(9-19)13-17-14(21-18-13)15(3)5-4-6-16-10-15/h11-12,16H,4-10H2,1-3H3. The van der Waals surface area contributed by atoms with Gasteiger partial charge in [0, 0.05) is 25.7 Å². The lowest BCUT2D eigenvalue weighted by atomic mass is 9.83. The molecular weight excluding hydrogens is 268 g/mol. The van der Waals surface area contributed by atoms with Gasteiger partial charge in [0.05, 0.1) is 12.0 Å². The SMILES string of the molecule is CC(C)N1CCOC(c2noc(C3(C)CCCNC3)n2)C1. The van der Waals surface area contributed by atoms with E-state index in [0.717, 1.165) is 51.5 Å². The number of nitrogens with one attached hydrogen (secondary N) is 1. The first-order valence-corrected chi connectivity index (χ1v) is 7.99. The van der Waals surface area contributed by atoms with Crippen LogP contribution in [0.25, 0.3) is 0 Å². The molecule has 0 spiro atoms. The molecule has 0 saturated carbocycles. The van der Waals surface area contributed by atoms with E-state index in [1.165, 1.54) is 0 Å². The maximum absolute atomic E-state index is 5.84. The van der Waals surface area contributed by atoms with Crippen LogP contribution in [-0.4, -0.2) is 53.9 Å². The molecule has 2 fully saturated rings. The second-order valence-corrected chi connectivity index (χ2v) is 6.75. The molecule has 6 heteroatoms. The summed E-state index contributed by atoms with van der Waals surface area (Å²) in [5, 5.41) is 7.61. The van der Waals surface area contributed by atoms with Gasteiger partial charge in [0.2, 0.25) is 11.7 Å². The van der Waals surface area contributed by atoms with Gasteiger partial charge in [0.15, 0.2) is 0 Å². The van der Waals surface area contributed by atoms with Crippen LogP contribution >= 0.6 is 0 Å². The molecule has 2 unspecified atom stereocenters. The Bertz CT molecular complexity index is 468. The van der Waals surface area contributed by atoms with Crippen molar-refractivity contribution in [3.63, 3.8) is 0 Å². The molecule has 0 aliphatic carbocycles. The molecule has 0 amide bonds. The van der Waals surface area contributed by atoms with Gasteiger partial charge >= 0.3 is 0 Å². The van der Waals surface area contributed by atoms with E-state index in [9.17, 15) is 0 Å². The smallest absolute Gasteiger partial charge is 0.233 e. The number of hydrogen-bond donors (Lipinski definition) is 1.